The molecular weight excluding hydrogens is 337 g/mol. The number of aliphatic hydroxyl groups excluding tert-OH is 1. The summed E-state index contributed by atoms with van der Waals surface area (Å²) in [6.07, 6.45) is -0.941. The monoisotopic (exact) mass is 355 g/mol. The number of rotatable bonds is 6. The molecule has 8 heteroatoms. The lowest BCUT2D eigenvalue weighted by Gasteiger charge is -2.13. The van der Waals surface area contributed by atoms with Crippen molar-refractivity contribution in [2.45, 2.75) is 19.4 Å². The highest BCUT2D eigenvalue weighted by Crippen LogP contribution is 2.16. The number of aromatic nitrogens is 4. The summed E-state index contributed by atoms with van der Waals surface area (Å²) in [6.45, 7) is 1.74. The van der Waals surface area contributed by atoms with E-state index >= 15 is 0 Å². The summed E-state index contributed by atoms with van der Waals surface area (Å²) in [5, 5.41) is 23.9. The number of aryl methyl sites for hydroxylation is 1. The molecule has 26 heavy (non-hydrogen) atoms. The molecule has 7 nitrogen and oxygen atoms in total. The third-order valence-electron chi connectivity index (χ3n) is 3.93. The summed E-state index contributed by atoms with van der Waals surface area (Å²) in [6, 6.07) is 13.2. The van der Waals surface area contributed by atoms with E-state index in [1.165, 1.54) is 12.1 Å². The van der Waals surface area contributed by atoms with E-state index in [-0.39, 0.29) is 24.4 Å². The molecule has 0 radical (unpaired) electrons. The molecule has 3 rings (SSSR count). The molecule has 0 fully saturated rings. The second-order valence-corrected chi connectivity index (χ2v) is 5.82. The number of nitrogens with zero attached hydrogens (tertiary/aromatic N) is 4. The molecule has 0 saturated carbocycles. The van der Waals surface area contributed by atoms with E-state index in [1.807, 2.05) is 24.3 Å². The van der Waals surface area contributed by atoms with Gasteiger partial charge in [0.15, 0.2) is 5.82 Å². The van der Waals surface area contributed by atoms with Crippen LogP contribution in [-0.4, -0.2) is 37.8 Å². The first-order chi connectivity index (χ1) is 12.5. The Labute approximate surface area is 149 Å². The van der Waals surface area contributed by atoms with Crippen LogP contribution in [0.3, 0.4) is 0 Å². The second kappa shape index (κ2) is 7.83. The van der Waals surface area contributed by atoms with Crippen molar-refractivity contribution in [1.29, 1.82) is 0 Å². The van der Waals surface area contributed by atoms with E-state index in [1.54, 1.807) is 23.7 Å². The first kappa shape index (κ1) is 17.7. The van der Waals surface area contributed by atoms with E-state index in [4.69, 9.17) is 0 Å². The molecule has 0 unspecified atom stereocenters. The van der Waals surface area contributed by atoms with Gasteiger partial charge >= 0.3 is 0 Å². The third-order valence-corrected chi connectivity index (χ3v) is 3.93. The van der Waals surface area contributed by atoms with E-state index in [0.29, 0.717) is 5.82 Å². The zero-order chi connectivity index (χ0) is 18.5. The van der Waals surface area contributed by atoms with Crippen LogP contribution in [0.1, 0.15) is 23.1 Å². The van der Waals surface area contributed by atoms with Gasteiger partial charge in [-0.25, -0.2) is 4.39 Å². The number of aliphatic hydroxyl groups is 1. The van der Waals surface area contributed by atoms with Gasteiger partial charge in [0.2, 0.25) is 5.91 Å². The Kier molecular flexibility index (Phi) is 5.33. The Morgan fingerprint density at radius 1 is 1.23 bits per heavy atom. The summed E-state index contributed by atoms with van der Waals surface area (Å²) < 4.78 is 15.2. The fourth-order valence-corrected chi connectivity index (χ4v) is 2.54. The van der Waals surface area contributed by atoms with Crippen LogP contribution >= 0.6 is 0 Å². The molecule has 1 aromatic heterocycles. The Balaban J connectivity index is 1.55. The van der Waals surface area contributed by atoms with Crippen molar-refractivity contribution in [1.82, 2.24) is 25.5 Å². The SMILES string of the molecule is Cc1nnnn1-c1ccc(CC(=O)NC[C@@H](O)c2ccccc2F)cc1. The maximum Gasteiger partial charge on any atom is 0.224 e. The lowest BCUT2D eigenvalue weighted by molar-refractivity contribution is -0.120. The van der Waals surface area contributed by atoms with E-state index in [9.17, 15) is 14.3 Å². The van der Waals surface area contributed by atoms with Gasteiger partial charge in [-0.2, -0.15) is 4.68 Å². The van der Waals surface area contributed by atoms with Gasteiger partial charge < -0.3 is 10.4 Å². The number of benzene rings is 2. The standard InChI is InChI=1S/C18H18FN5O2/c1-12-21-22-23-24(12)14-8-6-13(7-9-14)10-18(26)20-11-17(25)15-4-2-3-5-16(15)19/h2-9,17,25H,10-11H2,1H3,(H,20,26)/t17-/m1/s1. The van der Waals surface area contributed by atoms with Crippen LogP contribution in [-0.2, 0) is 11.2 Å². The molecule has 0 aliphatic rings. The Morgan fingerprint density at radius 3 is 2.62 bits per heavy atom. The van der Waals surface area contributed by atoms with Crippen molar-refractivity contribution in [3.63, 3.8) is 0 Å². The maximum absolute atomic E-state index is 13.6. The molecule has 0 spiro atoms. The number of hydrogen-bond acceptors (Lipinski definition) is 5. The molecule has 0 aliphatic carbocycles. The lowest BCUT2D eigenvalue weighted by Crippen LogP contribution is -2.30. The van der Waals surface area contributed by atoms with Crippen molar-refractivity contribution < 1.29 is 14.3 Å². The fourth-order valence-electron chi connectivity index (χ4n) is 2.54. The van der Waals surface area contributed by atoms with Gasteiger partial charge in [0, 0.05) is 12.1 Å². The summed E-state index contributed by atoms with van der Waals surface area (Å²) >= 11 is 0. The third kappa shape index (κ3) is 4.09. The van der Waals surface area contributed by atoms with E-state index in [0.717, 1.165) is 11.3 Å². The van der Waals surface area contributed by atoms with Crippen LogP contribution in [0.5, 0.6) is 0 Å². The smallest absolute Gasteiger partial charge is 0.224 e. The minimum absolute atomic E-state index is 0.0539. The van der Waals surface area contributed by atoms with Gasteiger partial charge in [0.05, 0.1) is 18.2 Å². The van der Waals surface area contributed by atoms with Gasteiger partial charge in [-0.05, 0) is 41.1 Å². The molecule has 0 bridgehead atoms. The summed E-state index contributed by atoms with van der Waals surface area (Å²) in [5.74, 6) is -0.0906. The highest BCUT2D eigenvalue weighted by atomic mass is 19.1. The van der Waals surface area contributed by atoms with Crippen molar-refractivity contribution in [2.75, 3.05) is 6.54 Å². The first-order valence-corrected chi connectivity index (χ1v) is 8.08. The molecule has 0 aliphatic heterocycles. The molecule has 2 aromatic carbocycles. The highest BCUT2D eigenvalue weighted by molar-refractivity contribution is 5.78. The Morgan fingerprint density at radius 2 is 1.96 bits per heavy atom. The van der Waals surface area contributed by atoms with Crippen LogP contribution in [0.25, 0.3) is 5.69 Å². The predicted octanol–water partition coefficient (Wildman–Crippen LogP) is 1.50. The lowest BCUT2D eigenvalue weighted by atomic mass is 10.1. The van der Waals surface area contributed by atoms with Gasteiger partial charge in [0.25, 0.3) is 0 Å². The number of amides is 1. The van der Waals surface area contributed by atoms with Crippen molar-refractivity contribution in [3.8, 4) is 5.69 Å². The number of halogens is 1. The normalized spacial score (nSPS) is 12.0. The Bertz CT molecular complexity index is 895. The average Bonchev–Trinajstić information content (AvgIpc) is 3.07. The maximum atomic E-state index is 13.6. The van der Waals surface area contributed by atoms with Crippen LogP contribution in [0.2, 0.25) is 0 Å². The topological polar surface area (TPSA) is 92.9 Å². The molecule has 134 valence electrons. The zero-order valence-corrected chi connectivity index (χ0v) is 14.1. The van der Waals surface area contributed by atoms with Crippen LogP contribution < -0.4 is 5.32 Å². The van der Waals surface area contributed by atoms with Gasteiger partial charge in [-0.3, -0.25) is 4.79 Å². The fraction of sp³-hybridized carbons (Fsp3) is 0.222. The largest absolute Gasteiger partial charge is 0.386 e. The minimum atomic E-state index is -1.09. The number of tetrazole rings is 1. The van der Waals surface area contributed by atoms with E-state index < -0.39 is 11.9 Å². The second-order valence-electron chi connectivity index (χ2n) is 5.82. The van der Waals surface area contributed by atoms with E-state index in [2.05, 4.69) is 20.8 Å². The quantitative estimate of drug-likeness (QED) is 0.699. The van der Waals surface area contributed by atoms with Crippen LogP contribution in [0.15, 0.2) is 48.5 Å². The number of carbonyl (C=O) groups excluding carboxylic acids is 1. The van der Waals surface area contributed by atoms with Gasteiger partial charge in [0.1, 0.15) is 5.82 Å². The van der Waals surface area contributed by atoms with Crippen molar-refractivity contribution >= 4 is 5.91 Å². The molecular formula is C18H18FN5O2. The molecule has 2 N–H and O–H groups in total. The average molecular weight is 355 g/mol. The molecule has 1 amide bonds. The number of nitrogens with one attached hydrogen (secondary N) is 1. The number of hydrogen-bond donors (Lipinski definition) is 2. The van der Waals surface area contributed by atoms with Crippen LogP contribution in [0, 0.1) is 12.7 Å². The molecule has 3 aromatic rings. The molecule has 1 atom stereocenters. The van der Waals surface area contributed by atoms with Crippen molar-refractivity contribution in [2.24, 2.45) is 0 Å². The van der Waals surface area contributed by atoms with Crippen molar-refractivity contribution in [3.05, 3.63) is 71.3 Å². The zero-order valence-electron chi connectivity index (χ0n) is 14.1. The summed E-state index contributed by atoms with van der Waals surface area (Å²) in [7, 11) is 0. The predicted molar refractivity (Wildman–Crippen MR) is 92.0 cm³/mol. The highest BCUT2D eigenvalue weighted by Gasteiger charge is 2.13. The molecule has 1 heterocycles. The van der Waals surface area contributed by atoms with Crippen LogP contribution in [0.4, 0.5) is 4.39 Å². The minimum Gasteiger partial charge on any atom is -0.386 e. The summed E-state index contributed by atoms with van der Waals surface area (Å²) in [5.41, 5.74) is 1.76. The summed E-state index contributed by atoms with van der Waals surface area (Å²) in [4.78, 5) is 12.0. The van der Waals surface area contributed by atoms with Gasteiger partial charge in [-0.15, -0.1) is 5.10 Å². The van der Waals surface area contributed by atoms with Gasteiger partial charge in [-0.1, -0.05) is 30.3 Å². The number of carbonyl (C=O) groups is 1. The molecule has 0 saturated heterocycles. The Hall–Kier alpha value is -3.13. The first-order valence-electron chi connectivity index (χ1n) is 8.08.